The molecule has 1 amide bonds. The molecule has 0 rings (SSSR count). The molecule has 15 heavy (non-hydrogen) atoms. The van der Waals surface area contributed by atoms with Gasteiger partial charge in [0.25, 0.3) is 0 Å². The van der Waals surface area contributed by atoms with Crippen LogP contribution in [0.15, 0.2) is 0 Å². The van der Waals surface area contributed by atoms with E-state index >= 15 is 0 Å². The van der Waals surface area contributed by atoms with Gasteiger partial charge in [0.2, 0.25) is 0 Å². The number of ether oxygens (including phenoxy) is 1. The van der Waals surface area contributed by atoms with Gasteiger partial charge in [0, 0.05) is 6.54 Å². The zero-order valence-corrected chi connectivity index (χ0v) is 10.5. The second-order valence-corrected chi connectivity index (χ2v) is 4.71. The standard InChI is InChI=1S/C11H24N2O2/c1-6-9(7-12-5)8-13-10(14)15-11(2,3)4/h9,12H,6-8H2,1-5H3,(H,13,14). The van der Waals surface area contributed by atoms with Gasteiger partial charge in [-0.25, -0.2) is 4.79 Å². The molecule has 0 spiro atoms. The van der Waals surface area contributed by atoms with Crippen molar-refractivity contribution >= 4 is 6.09 Å². The molecule has 0 aliphatic carbocycles. The molecule has 0 fully saturated rings. The van der Waals surface area contributed by atoms with E-state index in [1.165, 1.54) is 0 Å². The van der Waals surface area contributed by atoms with Crippen molar-refractivity contribution in [1.82, 2.24) is 10.6 Å². The zero-order chi connectivity index (χ0) is 11.9. The number of nitrogens with one attached hydrogen (secondary N) is 2. The maximum absolute atomic E-state index is 11.3. The van der Waals surface area contributed by atoms with Crippen LogP contribution in [0.3, 0.4) is 0 Å². The minimum absolute atomic E-state index is 0.336. The van der Waals surface area contributed by atoms with E-state index < -0.39 is 5.60 Å². The van der Waals surface area contributed by atoms with Crippen molar-refractivity contribution in [2.75, 3.05) is 20.1 Å². The molecule has 0 saturated carbocycles. The second-order valence-electron chi connectivity index (χ2n) is 4.71. The first-order valence-corrected chi connectivity index (χ1v) is 5.50. The summed E-state index contributed by atoms with van der Waals surface area (Å²) in [5.41, 5.74) is -0.422. The molecule has 2 N–H and O–H groups in total. The number of rotatable bonds is 5. The largest absolute Gasteiger partial charge is 0.444 e. The average molecular weight is 216 g/mol. The lowest BCUT2D eigenvalue weighted by Gasteiger charge is -2.21. The Hall–Kier alpha value is -0.770. The van der Waals surface area contributed by atoms with Gasteiger partial charge in [0.1, 0.15) is 5.60 Å². The molecule has 0 aliphatic heterocycles. The molecular formula is C11H24N2O2. The third-order valence-corrected chi connectivity index (χ3v) is 2.00. The van der Waals surface area contributed by atoms with Gasteiger partial charge in [-0.15, -0.1) is 0 Å². The number of hydrogen-bond donors (Lipinski definition) is 2. The number of carbonyl (C=O) groups is 1. The first-order valence-electron chi connectivity index (χ1n) is 5.50. The first-order chi connectivity index (χ1) is 6.89. The summed E-state index contributed by atoms with van der Waals surface area (Å²) in [6.45, 7) is 9.25. The van der Waals surface area contributed by atoms with E-state index in [0.717, 1.165) is 13.0 Å². The van der Waals surface area contributed by atoms with Gasteiger partial charge in [-0.1, -0.05) is 13.3 Å². The smallest absolute Gasteiger partial charge is 0.407 e. The summed E-state index contributed by atoms with van der Waals surface area (Å²) in [7, 11) is 1.91. The van der Waals surface area contributed by atoms with Gasteiger partial charge in [0.15, 0.2) is 0 Å². The summed E-state index contributed by atoms with van der Waals surface area (Å²) in [5, 5.41) is 5.87. The molecule has 1 atom stereocenters. The van der Waals surface area contributed by atoms with Crippen LogP contribution in [0.25, 0.3) is 0 Å². The highest BCUT2D eigenvalue weighted by Gasteiger charge is 2.16. The molecule has 0 radical (unpaired) electrons. The van der Waals surface area contributed by atoms with E-state index in [4.69, 9.17) is 4.74 Å². The molecule has 90 valence electrons. The van der Waals surface area contributed by atoms with Crippen LogP contribution in [0.4, 0.5) is 4.79 Å². The normalized spacial score (nSPS) is 13.4. The predicted molar refractivity (Wildman–Crippen MR) is 61.9 cm³/mol. The summed E-state index contributed by atoms with van der Waals surface area (Å²) in [6.07, 6.45) is 0.702. The lowest BCUT2D eigenvalue weighted by molar-refractivity contribution is 0.0519. The molecule has 4 heteroatoms. The minimum atomic E-state index is -0.422. The van der Waals surface area contributed by atoms with Crippen molar-refractivity contribution in [2.24, 2.45) is 5.92 Å². The van der Waals surface area contributed by atoms with Crippen LogP contribution in [0.1, 0.15) is 34.1 Å². The van der Waals surface area contributed by atoms with Crippen molar-refractivity contribution in [3.63, 3.8) is 0 Å². The monoisotopic (exact) mass is 216 g/mol. The van der Waals surface area contributed by atoms with Gasteiger partial charge in [-0.2, -0.15) is 0 Å². The van der Waals surface area contributed by atoms with Crippen LogP contribution >= 0.6 is 0 Å². The quantitative estimate of drug-likeness (QED) is 0.736. The van der Waals surface area contributed by atoms with Gasteiger partial charge in [-0.05, 0) is 40.3 Å². The Morgan fingerprint density at radius 2 is 1.93 bits per heavy atom. The summed E-state index contributed by atoms with van der Waals surface area (Å²) in [6, 6.07) is 0. The highest BCUT2D eigenvalue weighted by Crippen LogP contribution is 2.07. The van der Waals surface area contributed by atoms with E-state index in [9.17, 15) is 4.79 Å². The second kappa shape index (κ2) is 6.67. The van der Waals surface area contributed by atoms with Crippen LogP contribution in [0.2, 0.25) is 0 Å². The topological polar surface area (TPSA) is 50.4 Å². The lowest BCUT2D eigenvalue weighted by Crippen LogP contribution is -2.37. The molecule has 0 saturated heterocycles. The van der Waals surface area contributed by atoms with Crippen molar-refractivity contribution in [2.45, 2.75) is 39.7 Å². The third kappa shape index (κ3) is 8.24. The van der Waals surface area contributed by atoms with Gasteiger partial charge >= 0.3 is 6.09 Å². The van der Waals surface area contributed by atoms with E-state index in [2.05, 4.69) is 17.6 Å². The maximum atomic E-state index is 11.3. The Morgan fingerprint density at radius 3 is 2.33 bits per heavy atom. The van der Waals surface area contributed by atoms with Crippen LogP contribution in [-0.4, -0.2) is 31.8 Å². The lowest BCUT2D eigenvalue weighted by atomic mass is 10.1. The molecule has 1 unspecified atom stereocenters. The third-order valence-electron chi connectivity index (χ3n) is 2.00. The van der Waals surface area contributed by atoms with E-state index in [1.54, 1.807) is 0 Å². The minimum Gasteiger partial charge on any atom is -0.444 e. The fourth-order valence-corrected chi connectivity index (χ4v) is 1.19. The fourth-order valence-electron chi connectivity index (χ4n) is 1.19. The van der Waals surface area contributed by atoms with Crippen LogP contribution in [0.5, 0.6) is 0 Å². The van der Waals surface area contributed by atoms with Crippen LogP contribution in [-0.2, 0) is 4.74 Å². The van der Waals surface area contributed by atoms with Crippen molar-refractivity contribution in [1.29, 1.82) is 0 Å². The highest BCUT2D eigenvalue weighted by atomic mass is 16.6. The fraction of sp³-hybridized carbons (Fsp3) is 0.909. The summed E-state index contributed by atoms with van der Waals surface area (Å²) < 4.78 is 5.14. The maximum Gasteiger partial charge on any atom is 0.407 e. The molecule has 0 aromatic heterocycles. The first kappa shape index (κ1) is 14.2. The van der Waals surface area contributed by atoms with Gasteiger partial charge in [0.05, 0.1) is 0 Å². The van der Waals surface area contributed by atoms with E-state index in [-0.39, 0.29) is 6.09 Å². The molecular weight excluding hydrogens is 192 g/mol. The SMILES string of the molecule is CCC(CNC)CNC(=O)OC(C)(C)C. The predicted octanol–water partition coefficient (Wildman–Crippen LogP) is 1.76. The number of carbonyl (C=O) groups excluding carboxylic acids is 1. The molecule has 0 aromatic carbocycles. The number of hydrogen-bond acceptors (Lipinski definition) is 3. The Balaban J connectivity index is 3.78. The highest BCUT2D eigenvalue weighted by molar-refractivity contribution is 5.67. The van der Waals surface area contributed by atoms with Crippen molar-refractivity contribution < 1.29 is 9.53 Å². The zero-order valence-electron chi connectivity index (χ0n) is 10.5. The number of amides is 1. The van der Waals surface area contributed by atoms with E-state index in [1.807, 2.05) is 27.8 Å². The van der Waals surface area contributed by atoms with Gasteiger partial charge < -0.3 is 15.4 Å². The molecule has 0 heterocycles. The van der Waals surface area contributed by atoms with Crippen LogP contribution < -0.4 is 10.6 Å². The van der Waals surface area contributed by atoms with Gasteiger partial charge in [-0.3, -0.25) is 0 Å². The average Bonchev–Trinajstić information content (AvgIpc) is 2.09. The summed E-state index contributed by atoms with van der Waals surface area (Å²) >= 11 is 0. The summed E-state index contributed by atoms with van der Waals surface area (Å²) in [5.74, 6) is 0.461. The Morgan fingerprint density at radius 1 is 1.33 bits per heavy atom. The molecule has 4 nitrogen and oxygen atoms in total. The van der Waals surface area contributed by atoms with Crippen molar-refractivity contribution in [3.8, 4) is 0 Å². The molecule has 0 aromatic rings. The number of alkyl carbamates (subject to hydrolysis) is 1. The Kier molecular flexibility index (Phi) is 6.32. The van der Waals surface area contributed by atoms with Crippen LogP contribution in [0, 0.1) is 5.92 Å². The van der Waals surface area contributed by atoms with Crippen molar-refractivity contribution in [3.05, 3.63) is 0 Å². The molecule has 0 aliphatic rings. The van der Waals surface area contributed by atoms with E-state index in [0.29, 0.717) is 12.5 Å². The Labute approximate surface area is 92.8 Å². The summed E-state index contributed by atoms with van der Waals surface area (Å²) in [4.78, 5) is 11.3. The Bertz CT molecular complexity index is 188. The molecule has 0 bridgehead atoms.